The van der Waals surface area contributed by atoms with Crippen molar-refractivity contribution in [1.82, 2.24) is 20.1 Å². The number of nitrogens with zero attached hydrogens (tertiary/aromatic N) is 2. The Balaban J connectivity index is 0.000000223. The van der Waals surface area contributed by atoms with Gasteiger partial charge in [0.1, 0.15) is 0 Å². The molecule has 1 atom stereocenters. The fraction of sp³-hybridized carbons (Fsp3) is 0.448. The number of aromatic amines is 1. The van der Waals surface area contributed by atoms with Gasteiger partial charge in [-0.1, -0.05) is 45.8 Å². The second kappa shape index (κ2) is 15.6. The van der Waals surface area contributed by atoms with E-state index < -0.39 is 0 Å². The zero-order valence-corrected chi connectivity index (χ0v) is 24.1. The molecule has 5 rings (SSSR count). The minimum atomic E-state index is -0.0389. The van der Waals surface area contributed by atoms with Gasteiger partial charge in [0, 0.05) is 67.5 Å². The van der Waals surface area contributed by atoms with E-state index >= 15 is 0 Å². The van der Waals surface area contributed by atoms with Crippen LogP contribution in [0.5, 0.6) is 0 Å². The first-order chi connectivity index (χ1) is 18.5. The van der Waals surface area contributed by atoms with E-state index in [9.17, 15) is 9.59 Å². The Morgan fingerprint density at radius 3 is 2.47 bits per heavy atom. The molecule has 2 aliphatic heterocycles. The van der Waals surface area contributed by atoms with E-state index in [0.29, 0.717) is 0 Å². The van der Waals surface area contributed by atoms with Gasteiger partial charge in [0.15, 0.2) is 0 Å². The molecule has 206 valence electrons. The van der Waals surface area contributed by atoms with Gasteiger partial charge in [0.2, 0.25) is 12.8 Å². The van der Waals surface area contributed by atoms with Crippen molar-refractivity contribution in [1.29, 1.82) is 0 Å². The topological polar surface area (TPSA) is 86.9 Å². The molecule has 0 aliphatic carbocycles. The summed E-state index contributed by atoms with van der Waals surface area (Å²) in [7, 11) is 1.68. The average Bonchev–Trinajstić information content (AvgIpc) is 3.32. The highest BCUT2D eigenvalue weighted by molar-refractivity contribution is 9.10. The molecule has 8 nitrogen and oxygen atoms in total. The van der Waals surface area contributed by atoms with Gasteiger partial charge in [-0.2, -0.15) is 0 Å². The number of carbonyl (C=O) groups excluding carboxylic acids is 2. The number of benzene rings is 2. The van der Waals surface area contributed by atoms with Crippen molar-refractivity contribution < 1.29 is 19.1 Å². The van der Waals surface area contributed by atoms with Crippen molar-refractivity contribution >= 4 is 39.7 Å². The van der Waals surface area contributed by atoms with Crippen LogP contribution in [0.15, 0.2) is 46.9 Å². The van der Waals surface area contributed by atoms with Crippen LogP contribution >= 0.6 is 15.9 Å². The van der Waals surface area contributed by atoms with Crippen molar-refractivity contribution in [3.8, 4) is 0 Å². The van der Waals surface area contributed by atoms with Crippen LogP contribution in [0.25, 0.3) is 10.9 Å². The lowest BCUT2D eigenvalue weighted by Gasteiger charge is -2.33. The fourth-order valence-corrected chi connectivity index (χ4v) is 4.97. The van der Waals surface area contributed by atoms with Crippen LogP contribution < -0.4 is 5.32 Å². The van der Waals surface area contributed by atoms with Gasteiger partial charge in [-0.3, -0.25) is 14.5 Å². The van der Waals surface area contributed by atoms with E-state index in [-0.39, 0.29) is 6.04 Å². The first kappa shape index (κ1) is 29.8. The van der Waals surface area contributed by atoms with E-state index in [4.69, 9.17) is 4.74 Å². The summed E-state index contributed by atoms with van der Waals surface area (Å²) in [5.41, 5.74) is 5.96. The number of fused-ring (bicyclic) bond motifs is 3. The average molecular weight is 588 g/mol. The van der Waals surface area contributed by atoms with Crippen LogP contribution in [0.4, 0.5) is 0 Å². The number of rotatable bonds is 7. The quantitative estimate of drug-likeness (QED) is 0.322. The second-order valence-corrected chi connectivity index (χ2v) is 10.1. The number of morpholine rings is 1. The van der Waals surface area contributed by atoms with Gasteiger partial charge in [-0.25, -0.2) is 0 Å². The molecule has 38 heavy (non-hydrogen) atoms. The summed E-state index contributed by atoms with van der Waals surface area (Å²) < 4.78 is 10.8. The first-order valence-corrected chi connectivity index (χ1v) is 13.8. The molecule has 0 saturated carbocycles. The number of carbonyl (C=O) groups is 2. The largest absolute Gasteiger partial charge is 0.385 e. The van der Waals surface area contributed by atoms with Crippen LogP contribution in [-0.2, 0) is 25.5 Å². The lowest BCUT2D eigenvalue weighted by atomic mass is 9.92. The van der Waals surface area contributed by atoms with E-state index in [0.717, 1.165) is 93.0 Å². The number of hydrogen-bond acceptors (Lipinski definition) is 5. The molecule has 1 aromatic heterocycles. The Hall–Kier alpha value is -2.72. The number of nitrogens with one attached hydrogen (secondary N) is 2. The summed E-state index contributed by atoms with van der Waals surface area (Å²) in [5.74, 6) is 0. The molecule has 3 heterocycles. The molecular formula is C29H39BrN4O4. The minimum absolute atomic E-state index is 0.0389. The maximum Gasteiger partial charge on any atom is 0.210 e. The number of halogens is 1. The fourth-order valence-electron chi connectivity index (χ4n) is 4.61. The Labute approximate surface area is 233 Å². The van der Waals surface area contributed by atoms with Gasteiger partial charge in [-0.15, -0.1) is 0 Å². The van der Waals surface area contributed by atoms with Crippen molar-refractivity contribution in [2.45, 2.75) is 26.3 Å². The molecule has 2 aliphatic rings. The molecule has 0 bridgehead atoms. The Bertz CT molecular complexity index is 1140. The summed E-state index contributed by atoms with van der Waals surface area (Å²) in [6, 6.07) is 14.7. The minimum Gasteiger partial charge on any atom is -0.385 e. The summed E-state index contributed by atoms with van der Waals surface area (Å²) in [6.07, 6.45) is 2.59. The predicted molar refractivity (Wildman–Crippen MR) is 154 cm³/mol. The van der Waals surface area contributed by atoms with Crippen molar-refractivity contribution in [3.63, 3.8) is 0 Å². The molecule has 1 unspecified atom stereocenters. The predicted octanol–water partition coefficient (Wildman–Crippen LogP) is 4.06. The second-order valence-electron chi connectivity index (χ2n) is 9.22. The molecule has 3 aromatic rings. The standard InChI is InChI=1S/C19H17BrN2O.C7H14N2O2.C3H8O/c1-12-2-4-13(5-3-12)19-18-15(8-9-22(19)11-23)16-10-14(20)6-7-17(16)21-18;10-7-8-1-2-9-3-5-11-6-4-9;1-3-4-2/h2-7,10-11,19,21H,8-9H2,1H3;7H,1-6H2,(H,8,10);3H2,1-2H3. The number of H-pyrrole nitrogens is 1. The van der Waals surface area contributed by atoms with Crippen molar-refractivity contribution in [3.05, 3.63) is 69.3 Å². The lowest BCUT2D eigenvalue weighted by molar-refractivity contribution is -0.120. The number of ether oxygens (including phenoxy) is 2. The molecule has 0 radical (unpaired) electrons. The lowest BCUT2D eigenvalue weighted by Crippen LogP contribution is -2.40. The number of aryl methyl sites for hydroxylation is 1. The highest BCUT2D eigenvalue weighted by Gasteiger charge is 2.30. The molecular weight excluding hydrogens is 548 g/mol. The van der Waals surface area contributed by atoms with E-state index in [1.165, 1.54) is 16.5 Å². The molecule has 9 heteroatoms. The number of amides is 2. The summed E-state index contributed by atoms with van der Waals surface area (Å²) >= 11 is 3.56. The number of aromatic nitrogens is 1. The van der Waals surface area contributed by atoms with E-state index in [1.807, 2.05) is 17.9 Å². The normalized spacial score (nSPS) is 16.9. The Kier molecular flexibility index (Phi) is 12.3. The van der Waals surface area contributed by atoms with Gasteiger partial charge in [0.25, 0.3) is 0 Å². The maximum atomic E-state index is 11.6. The molecule has 1 saturated heterocycles. The highest BCUT2D eigenvalue weighted by atomic mass is 79.9. The number of hydrogen-bond donors (Lipinski definition) is 2. The summed E-state index contributed by atoms with van der Waals surface area (Å²) in [4.78, 5) is 29.2. The van der Waals surface area contributed by atoms with Crippen molar-refractivity contribution in [2.75, 3.05) is 59.7 Å². The third kappa shape index (κ3) is 8.14. The van der Waals surface area contributed by atoms with E-state index in [2.05, 4.69) is 79.2 Å². The van der Waals surface area contributed by atoms with Gasteiger partial charge in [-0.05, 0) is 49.6 Å². The zero-order valence-electron chi connectivity index (χ0n) is 22.5. The van der Waals surface area contributed by atoms with E-state index in [1.54, 1.807) is 7.11 Å². The third-order valence-corrected chi connectivity index (χ3v) is 7.20. The van der Waals surface area contributed by atoms with Crippen LogP contribution in [0, 0.1) is 6.92 Å². The number of methoxy groups -OCH3 is 1. The molecule has 1 fully saturated rings. The van der Waals surface area contributed by atoms with Crippen LogP contribution in [-0.4, -0.2) is 87.3 Å². The molecule has 2 amide bonds. The summed E-state index contributed by atoms with van der Waals surface area (Å²) in [5, 5.41) is 3.88. The van der Waals surface area contributed by atoms with Crippen LogP contribution in [0.2, 0.25) is 0 Å². The summed E-state index contributed by atoms with van der Waals surface area (Å²) in [6.45, 7) is 10.9. The monoisotopic (exact) mass is 586 g/mol. The smallest absolute Gasteiger partial charge is 0.210 e. The SMILES string of the molecule is CCOC.Cc1ccc(C2c3[nH]c4ccc(Br)cc4c3CCN2C=O)cc1.O=CNCCN1CCOCC1. The highest BCUT2D eigenvalue weighted by Crippen LogP contribution is 2.38. The van der Waals surface area contributed by atoms with Gasteiger partial charge in [0.05, 0.1) is 19.3 Å². The van der Waals surface area contributed by atoms with Gasteiger partial charge < -0.3 is 24.7 Å². The first-order valence-electron chi connectivity index (χ1n) is 13.1. The van der Waals surface area contributed by atoms with Crippen LogP contribution in [0.1, 0.15) is 35.3 Å². The molecule has 2 N–H and O–H groups in total. The Morgan fingerprint density at radius 1 is 1.13 bits per heavy atom. The molecule has 0 spiro atoms. The maximum absolute atomic E-state index is 11.6. The van der Waals surface area contributed by atoms with Crippen molar-refractivity contribution in [2.24, 2.45) is 0 Å². The van der Waals surface area contributed by atoms with Crippen LogP contribution in [0.3, 0.4) is 0 Å². The van der Waals surface area contributed by atoms with Gasteiger partial charge >= 0.3 is 0 Å². The zero-order chi connectivity index (χ0) is 27.3. The Morgan fingerprint density at radius 2 is 1.84 bits per heavy atom. The molecule has 2 aromatic carbocycles. The third-order valence-electron chi connectivity index (χ3n) is 6.70.